The van der Waals surface area contributed by atoms with Gasteiger partial charge in [-0.3, -0.25) is 9.59 Å². The van der Waals surface area contributed by atoms with E-state index in [1.807, 2.05) is 37.3 Å². The molecule has 2 rings (SSSR count). The van der Waals surface area contributed by atoms with Gasteiger partial charge in [-0.1, -0.05) is 28.1 Å². The van der Waals surface area contributed by atoms with Gasteiger partial charge in [0.2, 0.25) is 5.91 Å². The molecule has 1 N–H and O–H groups in total. The van der Waals surface area contributed by atoms with Crippen molar-refractivity contribution < 1.29 is 4.79 Å². The number of halogens is 1. The number of amides is 1. The van der Waals surface area contributed by atoms with Crippen LogP contribution in [0.4, 0.5) is 0 Å². The first-order valence-electron chi connectivity index (χ1n) is 7.36. The molecule has 0 unspecified atom stereocenters. The summed E-state index contributed by atoms with van der Waals surface area (Å²) < 4.78 is 1.99. The lowest BCUT2D eigenvalue weighted by molar-refractivity contribution is -0.122. The molecule has 0 spiro atoms. The molecule has 0 aliphatic heterocycles. The van der Waals surface area contributed by atoms with E-state index in [2.05, 4.69) is 26.3 Å². The van der Waals surface area contributed by atoms with Crippen molar-refractivity contribution in [1.29, 1.82) is 5.26 Å². The quantitative estimate of drug-likeness (QED) is 0.870. The lowest BCUT2D eigenvalue weighted by Gasteiger charge is -2.15. The Bertz CT molecular complexity index is 866. The van der Waals surface area contributed by atoms with Crippen LogP contribution >= 0.6 is 15.9 Å². The lowest BCUT2D eigenvalue weighted by Crippen LogP contribution is -2.36. The van der Waals surface area contributed by atoms with Crippen molar-refractivity contribution >= 4 is 21.8 Å². The first-order chi connectivity index (χ1) is 11.3. The van der Waals surface area contributed by atoms with Crippen LogP contribution in [0.5, 0.6) is 0 Å². The maximum absolute atomic E-state index is 12.2. The van der Waals surface area contributed by atoms with Gasteiger partial charge in [0.05, 0.1) is 11.7 Å². The van der Waals surface area contributed by atoms with E-state index in [0.717, 1.165) is 14.7 Å². The number of aromatic nitrogens is 2. The van der Waals surface area contributed by atoms with Gasteiger partial charge in [-0.15, -0.1) is 0 Å². The molecule has 0 saturated carbocycles. The maximum atomic E-state index is 12.2. The molecule has 1 aromatic carbocycles. The first kappa shape index (κ1) is 17.9. The number of aryl methyl sites for hydroxylation is 1. The third-order valence-corrected chi connectivity index (χ3v) is 4.32. The van der Waals surface area contributed by atoms with Crippen LogP contribution in [0.2, 0.25) is 0 Å². The Morgan fingerprint density at radius 3 is 2.58 bits per heavy atom. The number of nitrogens with one attached hydrogen (secondary N) is 1. The third-order valence-electron chi connectivity index (χ3n) is 3.79. The largest absolute Gasteiger partial charge is 0.348 e. The predicted molar refractivity (Wildman–Crippen MR) is 93.4 cm³/mol. The molecule has 0 aliphatic rings. The van der Waals surface area contributed by atoms with Gasteiger partial charge in [0.1, 0.15) is 18.2 Å². The molecule has 0 aliphatic carbocycles. The van der Waals surface area contributed by atoms with Crippen molar-refractivity contribution in [3.8, 4) is 6.07 Å². The normalized spacial score (nSPS) is 11.6. The zero-order valence-corrected chi connectivity index (χ0v) is 15.2. The summed E-state index contributed by atoms with van der Waals surface area (Å²) >= 11 is 3.36. The standard InChI is InChI=1S/C17H17BrN4O2/c1-10-11(2)21-22(17(24)15(10)8-19)9-16(23)20-12(3)13-4-6-14(18)7-5-13/h4-7,12H,9H2,1-3H3,(H,20,23)/t12-/m1/s1. The second kappa shape index (κ2) is 7.41. The lowest BCUT2D eigenvalue weighted by atomic mass is 10.1. The Hall–Kier alpha value is -2.46. The molecule has 1 amide bonds. The topological polar surface area (TPSA) is 87.8 Å². The van der Waals surface area contributed by atoms with Gasteiger partial charge in [-0.2, -0.15) is 10.4 Å². The molecule has 1 atom stereocenters. The average Bonchev–Trinajstić information content (AvgIpc) is 2.53. The van der Waals surface area contributed by atoms with Crippen LogP contribution in [0.3, 0.4) is 0 Å². The van der Waals surface area contributed by atoms with E-state index in [4.69, 9.17) is 5.26 Å². The SMILES string of the molecule is Cc1nn(CC(=O)N[C@H](C)c2ccc(Br)cc2)c(=O)c(C#N)c1C. The van der Waals surface area contributed by atoms with Crippen molar-refractivity contribution in [3.63, 3.8) is 0 Å². The predicted octanol–water partition coefficient (Wildman–Crippen LogP) is 2.37. The molecular weight excluding hydrogens is 372 g/mol. The second-order valence-corrected chi connectivity index (χ2v) is 6.42. The van der Waals surface area contributed by atoms with Crippen molar-refractivity contribution in [2.75, 3.05) is 0 Å². The van der Waals surface area contributed by atoms with Gasteiger partial charge in [0.25, 0.3) is 5.56 Å². The number of hydrogen-bond donors (Lipinski definition) is 1. The van der Waals surface area contributed by atoms with Gasteiger partial charge in [-0.25, -0.2) is 4.68 Å². The Kier molecular flexibility index (Phi) is 5.52. The molecule has 124 valence electrons. The van der Waals surface area contributed by atoms with Crippen molar-refractivity contribution in [1.82, 2.24) is 15.1 Å². The van der Waals surface area contributed by atoms with Crippen LogP contribution in [-0.2, 0) is 11.3 Å². The van der Waals surface area contributed by atoms with E-state index >= 15 is 0 Å². The van der Waals surface area contributed by atoms with Crippen LogP contribution < -0.4 is 10.9 Å². The monoisotopic (exact) mass is 388 g/mol. The Labute approximate surface area is 148 Å². The summed E-state index contributed by atoms with van der Waals surface area (Å²) in [5, 5.41) is 16.0. The number of carbonyl (C=O) groups is 1. The number of carbonyl (C=O) groups excluding carboxylic acids is 1. The van der Waals surface area contributed by atoms with E-state index in [9.17, 15) is 9.59 Å². The molecule has 0 fully saturated rings. The molecule has 2 aromatic rings. The minimum atomic E-state index is -0.549. The molecule has 0 radical (unpaired) electrons. The minimum Gasteiger partial charge on any atom is -0.348 e. The summed E-state index contributed by atoms with van der Waals surface area (Å²) in [5.74, 6) is -0.341. The highest BCUT2D eigenvalue weighted by Crippen LogP contribution is 2.16. The van der Waals surface area contributed by atoms with E-state index in [0.29, 0.717) is 11.3 Å². The molecular formula is C17H17BrN4O2. The average molecular weight is 389 g/mol. The highest BCUT2D eigenvalue weighted by Gasteiger charge is 2.15. The third kappa shape index (κ3) is 3.89. The highest BCUT2D eigenvalue weighted by molar-refractivity contribution is 9.10. The zero-order chi connectivity index (χ0) is 17.9. The Morgan fingerprint density at radius 1 is 1.38 bits per heavy atom. The summed E-state index contributed by atoms with van der Waals surface area (Å²) in [6.07, 6.45) is 0. The van der Waals surface area contributed by atoms with Crippen molar-refractivity contribution in [2.45, 2.75) is 33.4 Å². The number of rotatable bonds is 4. The van der Waals surface area contributed by atoms with E-state index in [1.54, 1.807) is 13.8 Å². The summed E-state index contributed by atoms with van der Waals surface area (Å²) in [7, 11) is 0. The van der Waals surface area contributed by atoms with Crippen LogP contribution in [0.15, 0.2) is 33.5 Å². The number of benzene rings is 1. The first-order valence-corrected chi connectivity index (χ1v) is 8.16. The summed E-state index contributed by atoms with van der Waals surface area (Å²) in [4.78, 5) is 24.4. The van der Waals surface area contributed by atoms with E-state index in [1.165, 1.54) is 0 Å². The number of nitrogens with zero attached hydrogens (tertiary/aromatic N) is 3. The molecule has 24 heavy (non-hydrogen) atoms. The fourth-order valence-electron chi connectivity index (χ4n) is 2.27. The Balaban J connectivity index is 2.16. The minimum absolute atomic E-state index is 0.0243. The molecule has 1 heterocycles. The van der Waals surface area contributed by atoms with Crippen LogP contribution in [0, 0.1) is 25.2 Å². The van der Waals surface area contributed by atoms with Gasteiger partial charge in [-0.05, 0) is 44.0 Å². The molecule has 1 aromatic heterocycles. The fourth-order valence-corrected chi connectivity index (χ4v) is 2.53. The summed E-state index contributed by atoms with van der Waals surface area (Å²) in [5.41, 5.74) is 1.52. The molecule has 7 heteroatoms. The van der Waals surface area contributed by atoms with Crippen LogP contribution in [-0.4, -0.2) is 15.7 Å². The Morgan fingerprint density at radius 2 is 2.00 bits per heavy atom. The smallest absolute Gasteiger partial charge is 0.285 e. The van der Waals surface area contributed by atoms with Crippen LogP contribution in [0.25, 0.3) is 0 Å². The van der Waals surface area contributed by atoms with Gasteiger partial charge >= 0.3 is 0 Å². The van der Waals surface area contributed by atoms with E-state index in [-0.39, 0.29) is 24.1 Å². The van der Waals surface area contributed by atoms with Gasteiger partial charge in [0.15, 0.2) is 0 Å². The summed E-state index contributed by atoms with van der Waals surface area (Å²) in [6.45, 7) is 5.00. The summed E-state index contributed by atoms with van der Waals surface area (Å²) in [6, 6.07) is 9.28. The fraction of sp³-hybridized carbons (Fsp3) is 0.294. The molecule has 0 bridgehead atoms. The van der Waals surface area contributed by atoms with Crippen molar-refractivity contribution in [2.24, 2.45) is 0 Å². The van der Waals surface area contributed by atoms with E-state index < -0.39 is 5.56 Å². The second-order valence-electron chi connectivity index (χ2n) is 5.50. The number of nitriles is 1. The highest BCUT2D eigenvalue weighted by atomic mass is 79.9. The molecule has 0 saturated heterocycles. The zero-order valence-electron chi connectivity index (χ0n) is 13.6. The van der Waals surface area contributed by atoms with Gasteiger partial charge < -0.3 is 5.32 Å². The maximum Gasteiger partial charge on any atom is 0.285 e. The molecule has 6 nitrogen and oxygen atoms in total. The van der Waals surface area contributed by atoms with Crippen LogP contribution in [0.1, 0.15) is 35.3 Å². The van der Waals surface area contributed by atoms with Crippen molar-refractivity contribution in [3.05, 3.63) is 61.5 Å². The van der Waals surface area contributed by atoms with Gasteiger partial charge in [0, 0.05) is 4.47 Å². The number of hydrogen-bond acceptors (Lipinski definition) is 4.